The molecule has 0 bridgehead atoms. The number of furan rings is 1. The molecule has 20 heavy (non-hydrogen) atoms. The third-order valence-electron chi connectivity index (χ3n) is 2.48. The topological polar surface area (TPSA) is 94.6 Å². The van der Waals surface area contributed by atoms with Crippen LogP contribution in [0.2, 0.25) is 0 Å². The van der Waals surface area contributed by atoms with Gasteiger partial charge in [-0.2, -0.15) is 0 Å². The highest BCUT2D eigenvalue weighted by molar-refractivity contribution is 5.90. The number of halogens is 1. The molecule has 0 fully saturated rings. The molecule has 1 amide bonds. The molecular formula is C13H11FN2O4. The Bertz CT molecular complexity index is 639. The average molecular weight is 278 g/mol. The van der Waals surface area contributed by atoms with Crippen molar-refractivity contribution in [3.8, 4) is 5.75 Å². The van der Waals surface area contributed by atoms with Crippen LogP contribution in [0.25, 0.3) is 0 Å². The highest BCUT2D eigenvalue weighted by Crippen LogP contribution is 2.19. The number of rotatable bonds is 5. The number of hydrazine groups is 1. The molecule has 0 saturated heterocycles. The number of hydrogen-bond acceptors (Lipinski definition) is 5. The van der Waals surface area contributed by atoms with E-state index < -0.39 is 11.7 Å². The third kappa shape index (κ3) is 3.01. The minimum atomic E-state index is -0.652. The van der Waals surface area contributed by atoms with Gasteiger partial charge >= 0.3 is 5.91 Å². The van der Waals surface area contributed by atoms with Gasteiger partial charge in [0.05, 0.1) is 0 Å². The van der Waals surface area contributed by atoms with Crippen molar-refractivity contribution in [2.75, 3.05) is 0 Å². The predicted molar refractivity (Wildman–Crippen MR) is 66.5 cm³/mol. The second-order valence-corrected chi connectivity index (χ2v) is 3.84. The van der Waals surface area contributed by atoms with Crippen LogP contribution < -0.4 is 16.0 Å². The molecule has 0 aliphatic carbocycles. The smallest absolute Gasteiger partial charge is 0.300 e. The fourth-order valence-electron chi connectivity index (χ4n) is 1.50. The van der Waals surface area contributed by atoms with E-state index in [9.17, 15) is 14.0 Å². The molecule has 0 unspecified atom stereocenters. The van der Waals surface area contributed by atoms with Crippen molar-refractivity contribution in [2.45, 2.75) is 6.61 Å². The van der Waals surface area contributed by atoms with Crippen LogP contribution in [-0.4, -0.2) is 12.2 Å². The first-order valence-electron chi connectivity index (χ1n) is 5.61. The zero-order chi connectivity index (χ0) is 14.5. The SMILES string of the molecule is NNC(=O)c1ccc(COc2ccc(C=O)cc2F)o1. The number of benzene rings is 1. The highest BCUT2D eigenvalue weighted by Gasteiger charge is 2.11. The Labute approximate surface area is 113 Å². The maximum atomic E-state index is 13.5. The molecule has 2 aromatic rings. The van der Waals surface area contributed by atoms with Crippen molar-refractivity contribution in [3.05, 3.63) is 53.2 Å². The zero-order valence-corrected chi connectivity index (χ0v) is 10.3. The van der Waals surface area contributed by atoms with Crippen LogP contribution in [0.3, 0.4) is 0 Å². The molecule has 0 spiro atoms. The van der Waals surface area contributed by atoms with Gasteiger partial charge in [-0.25, -0.2) is 10.2 Å². The Kier molecular flexibility index (Phi) is 4.11. The predicted octanol–water partition coefficient (Wildman–Crippen LogP) is 1.41. The van der Waals surface area contributed by atoms with Crippen LogP contribution in [0.4, 0.5) is 4.39 Å². The minimum Gasteiger partial charge on any atom is -0.483 e. The molecule has 7 heteroatoms. The summed E-state index contributed by atoms with van der Waals surface area (Å²) >= 11 is 0. The largest absolute Gasteiger partial charge is 0.483 e. The lowest BCUT2D eigenvalue weighted by molar-refractivity contribution is 0.0921. The first-order chi connectivity index (χ1) is 9.63. The lowest BCUT2D eigenvalue weighted by Gasteiger charge is -2.05. The lowest BCUT2D eigenvalue weighted by Crippen LogP contribution is -2.29. The van der Waals surface area contributed by atoms with Gasteiger partial charge in [0.15, 0.2) is 17.3 Å². The molecule has 104 valence electrons. The van der Waals surface area contributed by atoms with Crippen molar-refractivity contribution in [2.24, 2.45) is 5.84 Å². The number of nitrogens with two attached hydrogens (primary N) is 1. The van der Waals surface area contributed by atoms with Crippen LogP contribution in [0.1, 0.15) is 26.7 Å². The fraction of sp³-hybridized carbons (Fsp3) is 0.0769. The Morgan fingerprint density at radius 2 is 2.20 bits per heavy atom. The molecule has 3 N–H and O–H groups in total. The number of hydrogen-bond donors (Lipinski definition) is 2. The standard InChI is InChI=1S/C13H11FN2O4/c14-10-5-8(6-17)1-3-11(10)19-7-9-2-4-12(20-9)13(18)16-15/h1-6H,7,15H2,(H,16,18). The van der Waals surface area contributed by atoms with E-state index in [1.165, 1.54) is 24.3 Å². The molecule has 0 aliphatic rings. The van der Waals surface area contributed by atoms with Crippen LogP contribution in [0, 0.1) is 5.82 Å². The summed E-state index contributed by atoms with van der Waals surface area (Å²) in [5, 5.41) is 0. The summed E-state index contributed by atoms with van der Waals surface area (Å²) < 4.78 is 23.9. The average Bonchev–Trinajstić information content (AvgIpc) is 2.94. The van der Waals surface area contributed by atoms with Gasteiger partial charge in [-0.15, -0.1) is 0 Å². The van der Waals surface area contributed by atoms with Crippen LogP contribution in [0.15, 0.2) is 34.7 Å². The molecule has 1 heterocycles. The number of aldehydes is 1. The van der Waals surface area contributed by atoms with Gasteiger partial charge < -0.3 is 9.15 Å². The summed E-state index contributed by atoms with van der Waals surface area (Å²) in [5.41, 5.74) is 2.14. The first-order valence-corrected chi connectivity index (χ1v) is 5.61. The van der Waals surface area contributed by atoms with Gasteiger partial charge in [-0.3, -0.25) is 15.0 Å². The molecular weight excluding hydrogens is 267 g/mol. The molecule has 2 rings (SSSR count). The number of amides is 1. The lowest BCUT2D eigenvalue weighted by atomic mass is 10.2. The highest BCUT2D eigenvalue weighted by atomic mass is 19.1. The van der Waals surface area contributed by atoms with Crippen molar-refractivity contribution in [1.29, 1.82) is 0 Å². The summed E-state index contributed by atoms with van der Waals surface area (Å²) in [6, 6.07) is 6.78. The second kappa shape index (κ2) is 5.98. The van der Waals surface area contributed by atoms with E-state index in [1.807, 2.05) is 5.43 Å². The van der Waals surface area contributed by atoms with E-state index in [1.54, 1.807) is 0 Å². The monoisotopic (exact) mass is 278 g/mol. The minimum absolute atomic E-state index is 0.0168. The van der Waals surface area contributed by atoms with Crippen molar-refractivity contribution >= 4 is 12.2 Å². The number of carbonyl (C=O) groups excluding carboxylic acids is 2. The number of carbonyl (C=O) groups is 2. The van der Waals surface area contributed by atoms with Gasteiger partial charge in [0, 0.05) is 5.56 Å². The Morgan fingerprint density at radius 1 is 1.40 bits per heavy atom. The van der Waals surface area contributed by atoms with E-state index in [0.29, 0.717) is 12.0 Å². The Hall–Kier alpha value is -2.67. The number of ether oxygens (including phenoxy) is 1. The van der Waals surface area contributed by atoms with Crippen molar-refractivity contribution < 1.29 is 23.1 Å². The van der Waals surface area contributed by atoms with E-state index in [4.69, 9.17) is 15.0 Å². The molecule has 1 aromatic heterocycles. The molecule has 6 nitrogen and oxygen atoms in total. The van der Waals surface area contributed by atoms with E-state index >= 15 is 0 Å². The molecule has 0 saturated carbocycles. The summed E-state index contributed by atoms with van der Waals surface area (Å²) in [7, 11) is 0. The third-order valence-corrected chi connectivity index (χ3v) is 2.48. The second-order valence-electron chi connectivity index (χ2n) is 3.84. The summed E-state index contributed by atoms with van der Waals surface area (Å²) in [5.74, 6) is 4.08. The van der Waals surface area contributed by atoms with Crippen LogP contribution in [-0.2, 0) is 6.61 Å². The maximum absolute atomic E-state index is 13.5. The zero-order valence-electron chi connectivity index (χ0n) is 10.3. The molecule has 1 aromatic carbocycles. The maximum Gasteiger partial charge on any atom is 0.300 e. The van der Waals surface area contributed by atoms with Gasteiger partial charge in [-0.05, 0) is 30.3 Å². The molecule has 0 atom stereocenters. The fourth-order valence-corrected chi connectivity index (χ4v) is 1.50. The molecule has 0 aliphatic heterocycles. The van der Waals surface area contributed by atoms with E-state index in [2.05, 4.69) is 0 Å². The normalized spacial score (nSPS) is 10.1. The van der Waals surface area contributed by atoms with Crippen LogP contribution in [0.5, 0.6) is 5.75 Å². The van der Waals surface area contributed by atoms with Crippen molar-refractivity contribution in [1.82, 2.24) is 5.43 Å². The van der Waals surface area contributed by atoms with Gasteiger partial charge in [-0.1, -0.05) is 0 Å². The van der Waals surface area contributed by atoms with E-state index in [-0.39, 0.29) is 23.7 Å². The first kappa shape index (κ1) is 13.8. The van der Waals surface area contributed by atoms with Gasteiger partial charge in [0.1, 0.15) is 18.7 Å². The Morgan fingerprint density at radius 3 is 2.85 bits per heavy atom. The number of nitrogens with one attached hydrogen (secondary N) is 1. The quantitative estimate of drug-likeness (QED) is 0.373. The van der Waals surface area contributed by atoms with Crippen LogP contribution >= 0.6 is 0 Å². The number of nitrogen functional groups attached to an aromatic ring is 1. The Balaban J connectivity index is 2.03. The van der Waals surface area contributed by atoms with Gasteiger partial charge in [0.25, 0.3) is 0 Å². The van der Waals surface area contributed by atoms with Crippen molar-refractivity contribution in [3.63, 3.8) is 0 Å². The summed E-state index contributed by atoms with van der Waals surface area (Å²) in [6.45, 7) is -0.0603. The molecule has 0 radical (unpaired) electrons. The summed E-state index contributed by atoms with van der Waals surface area (Å²) in [4.78, 5) is 21.6. The summed E-state index contributed by atoms with van der Waals surface area (Å²) in [6.07, 6.45) is 0.539. The van der Waals surface area contributed by atoms with Gasteiger partial charge in [0.2, 0.25) is 0 Å². The van der Waals surface area contributed by atoms with E-state index in [0.717, 1.165) is 6.07 Å².